The monoisotopic (exact) mass is 429 g/mol. The van der Waals surface area contributed by atoms with Crippen molar-refractivity contribution < 1.29 is 24.6 Å². The largest absolute Gasteiger partial charge is 0.478 e. The second-order valence-electron chi connectivity index (χ2n) is 6.03. The minimum atomic E-state index is -1.25. The number of nitrogens with one attached hydrogen (secondary N) is 1. The number of carboxylic acid groups (broad SMARTS) is 2. The third kappa shape index (κ3) is 4.56. The molecule has 0 saturated carbocycles. The van der Waals surface area contributed by atoms with Gasteiger partial charge in [-0.15, -0.1) is 0 Å². The highest BCUT2D eigenvalue weighted by Gasteiger charge is 2.17. The Morgan fingerprint density at radius 3 is 2.14 bits per heavy atom. The predicted molar refractivity (Wildman–Crippen MR) is 110 cm³/mol. The van der Waals surface area contributed by atoms with Crippen LogP contribution in [0.1, 0.15) is 31.1 Å². The van der Waals surface area contributed by atoms with Crippen molar-refractivity contribution in [3.8, 4) is 11.1 Å². The van der Waals surface area contributed by atoms with Crippen LogP contribution in [-0.2, 0) is 0 Å². The van der Waals surface area contributed by atoms with Gasteiger partial charge in [-0.25, -0.2) is 9.59 Å². The van der Waals surface area contributed by atoms with E-state index in [0.717, 1.165) is 0 Å². The maximum absolute atomic E-state index is 12.5. The van der Waals surface area contributed by atoms with Crippen LogP contribution in [0.2, 0.25) is 10.0 Å². The van der Waals surface area contributed by atoms with Crippen molar-refractivity contribution in [2.75, 3.05) is 5.32 Å². The molecule has 0 aromatic heterocycles. The lowest BCUT2D eigenvalue weighted by Gasteiger charge is -2.12. The number of carbonyl (C=O) groups is 3. The van der Waals surface area contributed by atoms with Crippen molar-refractivity contribution in [2.24, 2.45) is 0 Å². The molecule has 3 rings (SSSR count). The lowest BCUT2D eigenvalue weighted by atomic mass is 10.00. The van der Waals surface area contributed by atoms with Gasteiger partial charge < -0.3 is 15.5 Å². The molecule has 0 fully saturated rings. The molecule has 0 unspecified atom stereocenters. The Kier molecular flexibility index (Phi) is 5.87. The first-order valence-corrected chi connectivity index (χ1v) is 8.99. The smallest absolute Gasteiger partial charge is 0.337 e. The van der Waals surface area contributed by atoms with Gasteiger partial charge in [-0.2, -0.15) is 0 Å². The number of halogens is 2. The highest BCUT2D eigenvalue weighted by Crippen LogP contribution is 2.28. The van der Waals surface area contributed by atoms with Crippen LogP contribution >= 0.6 is 23.2 Å². The minimum absolute atomic E-state index is 0.0756. The Morgan fingerprint density at radius 2 is 1.48 bits per heavy atom. The standard InChI is InChI=1S/C21H13Cl2NO5/c22-14-5-6-15(17(23)10-14)19(25)24-18-7-4-12(9-16(18)21(28)29)11-2-1-3-13(8-11)20(26)27/h1-10H,(H,24,25)(H,26,27)(H,28,29). The average molecular weight is 430 g/mol. The maximum Gasteiger partial charge on any atom is 0.337 e. The van der Waals surface area contributed by atoms with Crippen LogP contribution < -0.4 is 5.32 Å². The molecule has 0 saturated heterocycles. The molecule has 0 atom stereocenters. The summed E-state index contributed by atoms with van der Waals surface area (Å²) in [6.07, 6.45) is 0. The number of hydrogen-bond acceptors (Lipinski definition) is 3. The third-order valence-electron chi connectivity index (χ3n) is 4.12. The van der Waals surface area contributed by atoms with Gasteiger partial charge in [-0.1, -0.05) is 41.4 Å². The van der Waals surface area contributed by atoms with Gasteiger partial charge >= 0.3 is 11.9 Å². The average Bonchev–Trinajstić information content (AvgIpc) is 2.68. The molecule has 3 N–H and O–H groups in total. The van der Waals surface area contributed by atoms with Crippen molar-refractivity contribution in [3.05, 3.63) is 87.4 Å². The number of hydrogen-bond donors (Lipinski definition) is 3. The molecule has 6 nitrogen and oxygen atoms in total. The van der Waals surface area contributed by atoms with E-state index in [-0.39, 0.29) is 27.4 Å². The van der Waals surface area contributed by atoms with Crippen LogP contribution in [0.4, 0.5) is 5.69 Å². The second kappa shape index (κ2) is 8.34. The van der Waals surface area contributed by atoms with Gasteiger partial charge in [0.2, 0.25) is 0 Å². The fraction of sp³-hybridized carbons (Fsp3) is 0. The van der Waals surface area contributed by atoms with E-state index < -0.39 is 17.8 Å². The van der Waals surface area contributed by atoms with Gasteiger partial charge in [0.25, 0.3) is 5.91 Å². The van der Waals surface area contributed by atoms with Crippen LogP contribution in [0.25, 0.3) is 11.1 Å². The Hall–Kier alpha value is -3.35. The Morgan fingerprint density at radius 1 is 0.759 bits per heavy atom. The number of benzene rings is 3. The first kappa shape index (κ1) is 20.4. The van der Waals surface area contributed by atoms with Crippen LogP contribution in [-0.4, -0.2) is 28.1 Å². The zero-order chi connectivity index (χ0) is 21.1. The predicted octanol–water partition coefficient (Wildman–Crippen LogP) is 5.31. The molecular weight excluding hydrogens is 417 g/mol. The molecule has 3 aromatic carbocycles. The first-order chi connectivity index (χ1) is 13.8. The Bertz CT molecular complexity index is 1140. The van der Waals surface area contributed by atoms with Gasteiger partial charge in [-0.05, 0) is 53.6 Å². The lowest BCUT2D eigenvalue weighted by Crippen LogP contribution is -2.15. The summed E-state index contributed by atoms with van der Waals surface area (Å²) in [5.41, 5.74) is 1.17. The summed E-state index contributed by atoms with van der Waals surface area (Å²) in [6.45, 7) is 0. The van der Waals surface area contributed by atoms with Crippen molar-refractivity contribution in [3.63, 3.8) is 0 Å². The Labute approximate surface area is 175 Å². The van der Waals surface area contributed by atoms with Crippen molar-refractivity contribution in [2.45, 2.75) is 0 Å². The number of carboxylic acids is 2. The van der Waals surface area contributed by atoms with Gasteiger partial charge in [0.1, 0.15) is 0 Å². The van der Waals surface area contributed by atoms with E-state index in [0.29, 0.717) is 16.1 Å². The zero-order valence-electron chi connectivity index (χ0n) is 14.6. The molecule has 146 valence electrons. The van der Waals surface area contributed by atoms with Crippen LogP contribution in [0.5, 0.6) is 0 Å². The molecule has 0 bridgehead atoms. The van der Waals surface area contributed by atoms with E-state index in [1.165, 1.54) is 42.5 Å². The lowest BCUT2D eigenvalue weighted by molar-refractivity contribution is 0.0686. The molecular formula is C21H13Cl2NO5. The number of rotatable bonds is 5. The van der Waals surface area contributed by atoms with E-state index >= 15 is 0 Å². The third-order valence-corrected chi connectivity index (χ3v) is 4.66. The number of amides is 1. The zero-order valence-corrected chi connectivity index (χ0v) is 16.2. The van der Waals surface area contributed by atoms with Crippen molar-refractivity contribution >= 4 is 46.7 Å². The number of anilines is 1. The quantitative estimate of drug-likeness (QED) is 0.509. The van der Waals surface area contributed by atoms with E-state index in [4.69, 9.17) is 28.3 Å². The maximum atomic E-state index is 12.5. The van der Waals surface area contributed by atoms with E-state index in [9.17, 15) is 19.5 Å². The molecule has 3 aromatic rings. The van der Waals surface area contributed by atoms with Gasteiger partial charge in [0, 0.05) is 5.02 Å². The van der Waals surface area contributed by atoms with Gasteiger partial charge in [0.15, 0.2) is 0 Å². The van der Waals surface area contributed by atoms with Crippen LogP contribution in [0, 0.1) is 0 Å². The topological polar surface area (TPSA) is 104 Å². The van der Waals surface area contributed by atoms with E-state index in [2.05, 4.69) is 5.32 Å². The van der Waals surface area contributed by atoms with Gasteiger partial charge in [0.05, 0.1) is 27.4 Å². The summed E-state index contributed by atoms with van der Waals surface area (Å²) in [4.78, 5) is 35.4. The molecule has 0 aliphatic rings. The molecule has 29 heavy (non-hydrogen) atoms. The highest BCUT2D eigenvalue weighted by molar-refractivity contribution is 6.37. The summed E-state index contributed by atoms with van der Waals surface area (Å²) < 4.78 is 0. The molecule has 0 aliphatic heterocycles. The van der Waals surface area contributed by atoms with E-state index in [1.54, 1.807) is 18.2 Å². The minimum Gasteiger partial charge on any atom is -0.478 e. The molecule has 1 amide bonds. The van der Waals surface area contributed by atoms with E-state index in [1.807, 2.05) is 0 Å². The first-order valence-electron chi connectivity index (χ1n) is 8.23. The summed E-state index contributed by atoms with van der Waals surface area (Å²) >= 11 is 11.9. The normalized spacial score (nSPS) is 10.4. The van der Waals surface area contributed by atoms with Crippen LogP contribution in [0.15, 0.2) is 60.7 Å². The molecule has 0 radical (unpaired) electrons. The molecule has 0 aliphatic carbocycles. The second-order valence-corrected chi connectivity index (χ2v) is 6.87. The van der Waals surface area contributed by atoms with Crippen molar-refractivity contribution in [1.29, 1.82) is 0 Å². The summed E-state index contributed by atoms with van der Waals surface area (Å²) in [5, 5.41) is 21.7. The fourth-order valence-electron chi connectivity index (χ4n) is 2.70. The van der Waals surface area contributed by atoms with Crippen LogP contribution in [0.3, 0.4) is 0 Å². The summed E-state index contributed by atoms with van der Waals surface area (Å²) in [5.74, 6) is -2.93. The van der Waals surface area contributed by atoms with Crippen molar-refractivity contribution in [1.82, 2.24) is 0 Å². The molecule has 0 spiro atoms. The highest BCUT2D eigenvalue weighted by atomic mass is 35.5. The molecule has 0 heterocycles. The molecule has 8 heteroatoms. The Balaban J connectivity index is 1.96. The summed E-state index contributed by atoms with van der Waals surface area (Å²) in [7, 11) is 0. The summed E-state index contributed by atoms with van der Waals surface area (Å²) in [6, 6.07) is 14.8. The number of aromatic carboxylic acids is 2. The van der Waals surface area contributed by atoms with Gasteiger partial charge in [-0.3, -0.25) is 4.79 Å². The SMILES string of the molecule is O=C(O)c1cccc(-c2ccc(NC(=O)c3ccc(Cl)cc3Cl)c(C(=O)O)c2)c1. The number of carbonyl (C=O) groups excluding carboxylic acids is 1. The fourth-order valence-corrected chi connectivity index (χ4v) is 3.20.